The number of hydrogen-bond acceptors (Lipinski definition) is 6. The summed E-state index contributed by atoms with van der Waals surface area (Å²) in [5.74, 6) is -0.198. The summed E-state index contributed by atoms with van der Waals surface area (Å²) in [6.07, 6.45) is 4.45. The van der Waals surface area contributed by atoms with Gasteiger partial charge in [-0.1, -0.05) is 25.1 Å². The van der Waals surface area contributed by atoms with Gasteiger partial charge in [0.25, 0.3) is 0 Å². The molecule has 1 aromatic carbocycles. The predicted octanol–water partition coefficient (Wildman–Crippen LogP) is 2.41. The van der Waals surface area contributed by atoms with Crippen LogP contribution in [0, 0.1) is 0 Å². The van der Waals surface area contributed by atoms with Crippen LogP contribution in [0.4, 0.5) is 11.5 Å². The molecule has 1 aliphatic rings. The van der Waals surface area contributed by atoms with Gasteiger partial charge in [-0.3, -0.25) is 9.89 Å². The summed E-state index contributed by atoms with van der Waals surface area (Å²) < 4.78 is 0. The lowest BCUT2D eigenvalue weighted by Crippen LogP contribution is -2.33. The average Bonchev–Trinajstić information content (AvgIpc) is 3.00. The summed E-state index contributed by atoms with van der Waals surface area (Å²) in [5.41, 5.74) is 8.72. The summed E-state index contributed by atoms with van der Waals surface area (Å²) in [6.45, 7) is 3.36. The van der Waals surface area contributed by atoms with Crippen LogP contribution in [0.25, 0.3) is 0 Å². The van der Waals surface area contributed by atoms with E-state index in [4.69, 9.17) is 10.7 Å². The number of allylic oxidation sites excluding steroid dienone is 1. The number of rotatable bonds is 4. The van der Waals surface area contributed by atoms with Crippen LogP contribution < -0.4 is 10.6 Å². The van der Waals surface area contributed by atoms with Gasteiger partial charge in [0.1, 0.15) is 11.5 Å². The molecule has 0 saturated heterocycles. The van der Waals surface area contributed by atoms with E-state index in [2.05, 4.69) is 9.98 Å². The first-order valence-electron chi connectivity index (χ1n) is 8.69. The molecule has 0 saturated carbocycles. The smallest absolute Gasteiger partial charge is 0.186 e. The normalized spacial score (nSPS) is 17.7. The number of nitrogens with two attached hydrogens (primary N) is 1. The van der Waals surface area contributed by atoms with Crippen molar-refractivity contribution in [3.05, 3.63) is 65.5 Å². The molecular formula is C20H23N5O2. The molecule has 27 heavy (non-hydrogen) atoms. The number of benzene rings is 1. The number of anilines is 2. The van der Waals surface area contributed by atoms with E-state index in [1.54, 1.807) is 37.5 Å². The van der Waals surface area contributed by atoms with Crippen molar-refractivity contribution in [2.45, 2.75) is 26.1 Å². The summed E-state index contributed by atoms with van der Waals surface area (Å²) in [4.78, 5) is 15.2. The van der Waals surface area contributed by atoms with Crippen LogP contribution >= 0.6 is 0 Å². The molecule has 0 amide bonds. The minimum atomic E-state index is -1.90. The summed E-state index contributed by atoms with van der Waals surface area (Å²) in [5, 5.41) is 19.6. The van der Waals surface area contributed by atoms with E-state index in [1.165, 1.54) is 6.92 Å². The van der Waals surface area contributed by atoms with Gasteiger partial charge in [0, 0.05) is 24.5 Å². The second-order valence-corrected chi connectivity index (χ2v) is 6.32. The van der Waals surface area contributed by atoms with Crippen molar-refractivity contribution in [3.63, 3.8) is 0 Å². The Bertz CT molecular complexity index is 924. The number of aliphatic imine (C=N–C) groups is 2. The van der Waals surface area contributed by atoms with Crippen LogP contribution in [0.5, 0.6) is 0 Å². The number of amidine groups is 2. The minimum absolute atomic E-state index is 0.379. The Kier molecular flexibility index (Phi) is 5.07. The molecule has 7 nitrogen and oxygen atoms in total. The third-order valence-electron chi connectivity index (χ3n) is 4.24. The number of pyridine rings is 1. The second-order valence-electron chi connectivity index (χ2n) is 6.32. The zero-order valence-electron chi connectivity index (χ0n) is 15.6. The van der Waals surface area contributed by atoms with Gasteiger partial charge in [-0.15, -0.1) is 0 Å². The first kappa shape index (κ1) is 18.8. The van der Waals surface area contributed by atoms with Crippen molar-refractivity contribution in [2.24, 2.45) is 9.98 Å². The number of nitrogen functional groups attached to an aromatic ring is 1. The Labute approximate surface area is 158 Å². The summed E-state index contributed by atoms with van der Waals surface area (Å²) in [7, 11) is 1.71. The lowest BCUT2D eigenvalue weighted by Gasteiger charge is -2.23. The molecular weight excluding hydrogens is 342 g/mol. The van der Waals surface area contributed by atoms with Crippen molar-refractivity contribution < 1.29 is 10.2 Å². The first-order valence-corrected chi connectivity index (χ1v) is 8.69. The summed E-state index contributed by atoms with van der Waals surface area (Å²) >= 11 is 0. The highest BCUT2D eigenvalue weighted by atomic mass is 16.5. The fourth-order valence-corrected chi connectivity index (χ4v) is 2.93. The van der Waals surface area contributed by atoms with Gasteiger partial charge >= 0.3 is 0 Å². The van der Waals surface area contributed by atoms with Crippen molar-refractivity contribution in [2.75, 3.05) is 17.7 Å². The topological polar surface area (TPSA) is 107 Å². The van der Waals surface area contributed by atoms with Crippen LogP contribution in [0.3, 0.4) is 0 Å². The molecule has 4 N–H and O–H groups in total. The van der Waals surface area contributed by atoms with Crippen molar-refractivity contribution >= 4 is 23.2 Å². The third kappa shape index (κ3) is 3.60. The number of aliphatic hydroxyl groups is 2. The zero-order valence-corrected chi connectivity index (χ0v) is 15.6. The SMILES string of the molecule is CC/C=C1/N=C(c2cccnc2N)N(c2ccc(C(C)(O)O)cc2)C1=NC. The third-order valence-corrected chi connectivity index (χ3v) is 4.24. The maximum atomic E-state index is 9.78. The van der Waals surface area contributed by atoms with E-state index in [9.17, 15) is 10.2 Å². The van der Waals surface area contributed by atoms with Crippen molar-refractivity contribution in [3.8, 4) is 0 Å². The fourth-order valence-electron chi connectivity index (χ4n) is 2.93. The monoisotopic (exact) mass is 365 g/mol. The average molecular weight is 365 g/mol. The molecule has 0 atom stereocenters. The van der Waals surface area contributed by atoms with Gasteiger partial charge < -0.3 is 15.9 Å². The van der Waals surface area contributed by atoms with Gasteiger partial charge in [-0.2, -0.15) is 0 Å². The number of aromatic nitrogens is 1. The Morgan fingerprint density at radius 2 is 1.93 bits per heavy atom. The van der Waals surface area contributed by atoms with E-state index in [-0.39, 0.29) is 0 Å². The molecule has 0 spiro atoms. The van der Waals surface area contributed by atoms with Crippen LogP contribution in [0.15, 0.2) is 64.4 Å². The van der Waals surface area contributed by atoms with Crippen molar-refractivity contribution in [1.82, 2.24) is 4.98 Å². The van der Waals surface area contributed by atoms with Crippen LogP contribution in [-0.4, -0.2) is 33.9 Å². The molecule has 2 heterocycles. The molecule has 0 aliphatic carbocycles. The van der Waals surface area contributed by atoms with E-state index in [0.717, 1.165) is 17.8 Å². The summed E-state index contributed by atoms with van der Waals surface area (Å²) in [6, 6.07) is 10.6. The molecule has 2 aromatic rings. The van der Waals surface area contributed by atoms with E-state index in [1.807, 2.05) is 30.0 Å². The Hall–Kier alpha value is -3.03. The van der Waals surface area contributed by atoms with Gasteiger partial charge in [0.05, 0.1) is 5.56 Å². The standard InChI is InChI=1S/C20H23N5O2/c1-4-6-16-19(22-3)25(14-10-8-13(9-11-14)20(2,26)27)18(24-16)15-7-5-12-23-17(15)21/h5-12,26-27H,4H2,1-3H3,(H2,21,23)/b16-6+,22-19?. The number of nitrogens with zero attached hydrogens (tertiary/aromatic N) is 4. The van der Waals surface area contributed by atoms with Crippen LogP contribution in [0.1, 0.15) is 31.4 Å². The molecule has 7 heteroatoms. The lowest BCUT2D eigenvalue weighted by atomic mass is 10.1. The van der Waals surface area contributed by atoms with E-state index >= 15 is 0 Å². The Balaban J connectivity index is 2.14. The second kappa shape index (κ2) is 7.30. The predicted molar refractivity (Wildman–Crippen MR) is 108 cm³/mol. The lowest BCUT2D eigenvalue weighted by molar-refractivity contribution is -0.152. The molecule has 0 fully saturated rings. The Morgan fingerprint density at radius 3 is 2.48 bits per heavy atom. The molecule has 0 bridgehead atoms. The molecule has 140 valence electrons. The van der Waals surface area contributed by atoms with Gasteiger partial charge in [0.15, 0.2) is 17.5 Å². The van der Waals surface area contributed by atoms with Crippen molar-refractivity contribution in [1.29, 1.82) is 0 Å². The van der Waals surface area contributed by atoms with E-state index < -0.39 is 5.79 Å². The number of hydrogen-bond donors (Lipinski definition) is 3. The van der Waals surface area contributed by atoms with Gasteiger partial charge in [0.2, 0.25) is 0 Å². The highest BCUT2D eigenvalue weighted by Gasteiger charge is 2.31. The molecule has 0 radical (unpaired) electrons. The molecule has 0 unspecified atom stereocenters. The Morgan fingerprint density at radius 1 is 1.22 bits per heavy atom. The molecule has 1 aliphatic heterocycles. The van der Waals surface area contributed by atoms with Crippen LogP contribution in [0.2, 0.25) is 0 Å². The highest BCUT2D eigenvalue weighted by Crippen LogP contribution is 2.30. The van der Waals surface area contributed by atoms with Crippen LogP contribution in [-0.2, 0) is 5.79 Å². The fraction of sp³-hybridized carbons (Fsp3) is 0.250. The molecule has 1 aromatic heterocycles. The zero-order chi connectivity index (χ0) is 19.6. The van der Waals surface area contributed by atoms with Gasteiger partial charge in [-0.25, -0.2) is 9.98 Å². The maximum Gasteiger partial charge on any atom is 0.186 e. The quantitative estimate of drug-likeness (QED) is 0.721. The van der Waals surface area contributed by atoms with Gasteiger partial charge in [-0.05, 0) is 37.6 Å². The van der Waals surface area contributed by atoms with E-state index in [0.29, 0.717) is 28.6 Å². The maximum absolute atomic E-state index is 9.78. The highest BCUT2D eigenvalue weighted by molar-refractivity contribution is 6.34. The largest absolute Gasteiger partial charge is 0.383 e. The minimum Gasteiger partial charge on any atom is -0.383 e. The molecule has 3 rings (SSSR count). The first-order chi connectivity index (χ1) is 12.9.